The molecule has 1 aliphatic heterocycles. The van der Waals surface area contributed by atoms with E-state index >= 15 is 0 Å². The molecule has 11 heavy (non-hydrogen) atoms. The summed E-state index contributed by atoms with van der Waals surface area (Å²) in [6.45, 7) is 5.23. The van der Waals surface area contributed by atoms with Crippen molar-refractivity contribution < 1.29 is 4.74 Å². The third-order valence-electron chi connectivity index (χ3n) is 2.24. The Morgan fingerprint density at radius 1 is 1.45 bits per heavy atom. The monoisotopic (exact) mass is 158 g/mol. The molecule has 0 saturated carbocycles. The highest BCUT2D eigenvalue weighted by molar-refractivity contribution is 4.78. The summed E-state index contributed by atoms with van der Waals surface area (Å²) in [5, 5.41) is 12.4. The third kappa shape index (κ3) is 2.15. The van der Waals surface area contributed by atoms with Crippen molar-refractivity contribution in [2.75, 3.05) is 13.2 Å². The minimum absolute atomic E-state index is 0.0952. The minimum Gasteiger partial charge on any atom is -0.785 e. The van der Waals surface area contributed by atoms with E-state index in [0.29, 0.717) is 13.2 Å². The minimum atomic E-state index is 0.0952. The second kappa shape index (κ2) is 4.04. The molecule has 0 aliphatic carbocycles. The molecular formula is C8H16NO2-. The molecule has 2 unspecified atom stereocenters. The first-order valence-corrected chi connectivity index (χ1v) is 4.33. The van der Waals surface area contributed by atoms with E-state index in [9.17, 15) is 5.21 Å². The second-order valence-electron chi connectivity index (χ2n) is 3.03. The van der Waals surface area contributed by atoms with Crippen molar-refractivity contribution in [1.29, 1.82) is 0 Å². The van der Waals surface area contributed by atoms with Gasteiger partial charge in [-0.3, -0.25) is 0 Å². The molecule has 0 aromatic carbocycles. The van der Waals surface area contributed by atoms with Gasteiger partial charge in [-0.25, -0.2) is 0 Å². The Balaban J connectivity index is 2.34. The van der Waals surface area contributed by atoms with Gasteiger partial charge in [0.15, 0.2) is 0 Å². The second-order valence-corrected chi connectivity index (χ2v) is 3.03. The topological polar surface area (TPSA) is 35.5 Å². The van der Waals surface area contributed by atoms with Crippen molar-refractivity contribution in [2.24, 2.45) is 0 Å². The van der Waals surface area contributed by atoms with Gasteiger partial charge >= 0.3 is 0 Å². The lowest BCUT2D eigenvalue weighted by atomic mass is 10.1. The van der Waals surface area contributed by atoms with Gasteiger partial charge in [-0.2, -0.15) is 0 Å². The van der Waals surface area contributed by atoms with E-state index in [1.54, 1.807) is 0 Å². The molecule has 1 rings (SSSR count). The smallest absolute Gasteiger partial charge is 0.0691 e. The van der Waals surface area contributed by atoms with Gasteiger partial charge in [-0.15, -0.1) is 0 Å². The lowest BCUT2D eigenvalue weighted by Gasteiger charge is -2.43. The van der Waals surface area contributed by atoms with E-state index in [0.717, 1.165) is 17.9 Å². The van der Waals surface area contributed by atoms with Crippen molar-refractivity contribution in [2.45, 2.75) is 38.8 Å². The van der Waals surface area contributed by atoms with Crippen LogP contribution in [0.25, 0.3) is 0 Å². The molecule has 0 amide bonds. The van der Waals surface area contributed by atoms with Gasteiger partial charge in [0.05, 0.1) is 12.7 Å². The fourth-order valence-electron chi connectivity index (χ4n) is 1.30. The Morgan fingerprint density at radius 2 is 2.18 bits per heavy atom. The zero-order valence-electron chi connectivity index (χ0n) is 7.25. The molecule has 1 fully saturated rings. The van der Waals surface area contributed by atoms with Crippen LogP contribution in [0.4, 0.5) is 0 Å². The Labute approximate surface area is 67.9 Å². The maximum Gasteiger partial charge on any atom is 0.0691 e. The van der Waals surface area contributed by atoms with E-state index < -0.39 is 0 Å². The number of nitrogens with zero attached hydrogens (tertiary/aromatic N) is 1. The van der Waals surface area contributed by atoms with E-state index in [-0.39, 0.29) is 12.1 Å². The molecule has 66 valence electrons. The highest BCUT2D eigenvalue weighted by Gasteiger charge is 2.20. The first-order valence-electron chi connectivity index (χ1n) is 4.33. The van der Waals surface area contributed by atoms with Crippen molar-refractivity contribution in [3.63, 3.8) is 0 Å². The number of morpholine rings is 1. The number of hydroxylamine groups is 2. The predicted octanol–water partition coefficient (Wildman–Crippen LogP) is 1.37. The summed E-state index contributed by atoms with van der Waals surface area (Å²) in [6.07, 6.45) is 1.99. The summed E-state index contributed by atoms with van der Waals surface area (Å²) in [5.41, 5.74) is 0. The molecule has 0 aromatic rings. The first kappa shape index (κ1) is 8.97. The fourth-order valence-corrected chi connectivity index (χ4v) is 1.30. The SMILES string of the molecule is CCC1CN([O-])C(CC)CO1. The van der Waals surface area contributed by atoms with Crippen LogP contribution in [0, 0.1) is 5.21 Å². The molecule has 0 bridgehead atoms. The average molecular weight is 158 g/mol. The van der Waals surface area contributed by atoms with Crippen LogP contribution in [0.3, 0.4) is 0 Å². The molecule has 1 aliphatic rings. The number of ether oxygens (including phenoxy) is 1. The van der Waals surface area contributed by atoms with Crippen molar-refractivity contribution in [3.05, 3.63) is 5.21 Å². The highest BCUT2D eigenvalue weighted by Crippen LogP contribution is 2.14. The molecule has 1 saturated heterocycles. The van der Waals surface area contributed by atoms with Gasteiger partial charge in [0.25, 0.3) is 0 Å². The summed E-state index contributed by atoms with van der Waals surface area (Å²) in [7, 11) is 0. The summed E-state index contributed by atoms with van der Waals surface area (Å²) in [6, 6.07) is 0.0952. The Morgan fingerprint density at radius 3 is 2.64 bits per heavy atom. The number of hydrogen-bond donors (Lipinski definition) is 0. The lowest BCUT2D eigenvalue weighted by molar-refractivity contribution is -0.0471. The Kier molecular flexibility index (Phi) is 3.30. The highest BCUT2D eigenvalue weighted by atomic mass is 16.5. The Bertz CT molecular complexity index is 119. The largest absolute Gasteiger partial charge is 0.785 e. The van der Waals surface area contributed by atoms with Gasteiger partial charge in [0.2, 0.25) is 0 Å². The molecule has 3 nitrogen and oxygen atoms in total. The number of hydrogen-bond acceptors (Lipinski definition) is 3. The van der Waals surface area contributed by atoms with Crippen LogP contribution < -0.4 is 0 Å². The Hall–Kier alpha value is -0.120. The fraction of sp³-hybridized carbons (Fsp3) is 1.00. The molecule has 0 aromatic heterocycles. The zero-order valence-corrected chi connectivity index (χ0v) is 7.25. The van der Waals surface area contributed by atoms with E-state index in [2.05, 4.69) is 0 Å². The first-order chi connectivity index (χ1) is 5.27. The van der Waals surface area contributed by atoms with Crippen LogP contribution in [0.5, 0.6) is 0 Å². The maximum atomic E-state index is 11.2. The summed E-state index contributed by atoms with van der Waals surface area (Å²) in [4.78, 5) is 0. The standard InChI is InChI=1S/C8H16NO2/c1-3-7-6-11-8(4-2)5-9(7)10/h7-8H,3-6H2,1-2H3/q-1. The van der Waals surface area contributed by atoms with Gasteiger partial charge in [-0.1, -0.05) is 13.8 Å². The van der Waals surface area contributed by atoms with E-state index in [1.807, 2.05) is 13.8 Å². The van der Waals surface area contributed by atoms with Crippen LogP contribution in [-0.2, 0) is 4.74 Å². The normalized spacial score (nSPS) is 34.1. The maximum absolute atomic E-state index is 11.2. The van der Waals surface area contributed by atoms with Gasteiger partial charge in [0.1, 0.15) is 0 Å². The zero-order chi connectivity index (χ0) is 8.27. The molecule has 0 radical (unpaired) electrons. The van der Waals surface area contributed by atoms with Crippen molar-refractivity contribution in [3.8, 4) is 0 Å². The molecule has 1 heterocycles. The van der Waals surface area contributed by atoms with Gasteiger partial charge in [-0.05, 0) is 12.8 Å². The van der Waals surface area contributed by atoms with Crippen LogP contribution in [-0.4, -0.2) is 30.4 Å². The van der Waals surface area contributed by atoms with E-state index in [4.69, 9.17) is 4.74 Å². The molecule has 0 N–H and O–H groups in total. The summed E-state index contributed by atoms with van der Waals surface area (Å²) >= 11 is 0. The van der Waals surface area contributed by atoms with Crippen molar-refractivity contribution in [1.82, 2.24) is 5.06 Å². The van der Waals surface area contributed by atoms with Gasteiger partial charge < -0.3 is 15.0 Å². The van der Waals surface area contributed by atoms with Gasteiger partial charge in [0, 0.05) is 12.6 Å². The molecule has 0 spiro atoms. The molecular weight excluding hydrogens is 142 g/mol. The molecule has 3 heteroatoms. The van der Waals surface area contributed by atoms with Crippen LogP contribution >= 0.6 is 0 Å². The third-order valence-corrected chi connectivity index (χ3v) is 2.24. The van der Waals surface area contributed by atoms with Crippen molar-refractivity contribution >= 4 is 0 Å². The van der Waals surface area contributed by atoms with Crippen LogP contribution in [0.15, 0.2) is 0 Å². The molecule has 2 atom stereocenters. The lowest BCUT2D eigenvalue weighted by Crippen LogP contribution is -2.45. The number of rotatable bonds is 2. The summed E-state index contributed by atoms with van der Waals surface area (Å²) < 4.78 is 5.46. The summed E-state index contributed by atoms with van der Waals surface area (Å²) in [5.74, 6) is 0. The predicted molar refractivity (Wildman–Crippen MR) is 44.2 cm³/mol. The van der Waals surface area contributed by atoms with Crippen LogP contribution in [0.1, 0.15) is 26.7 Å². The average Bonchev–Trinajstić information content (AvgIpc) is 2.04. The van der Waals surface area contributed by atoms with Crippen LogP contribution in [0.2, 0.25) is 0 Å². The van der Waals surface area contributed by atoms with E-state index in [1.165, 1.54) is 0 Å². The quantitative estimate of drug-likeness (QED) is 0.609.